The number of alkyl halides is 5. The van der Waals surface area contributed by atoms with Gasteiger partial charge in [-0.05, 0) is 167 Å². The average molecular weight is 1550 g/mol. The summed E-state index contributed by atoms with van der Waals surface area (Å²) in [7, 11) is -11.2. The molecular formula is C77H99F5N10O10S4. The number of thioether (sulfide) groups is 1. The van der Waals surface area contributed by atoms with Gasteiger partial charge in [0, 0.05) is 105 Å². The molecule has 3 saturated heterocycles. The predicted molar refractivity (Wildman–Crippen MR) is 400 cm³/mol. The molecule has 5 amide bonds. The molecule has 3 aliphatic heterocycles. The number of β-amino-alcohol motifs (C(OH)–C–C–N with tert-alkyl or cyclic N) is 1. The van der Waals surface area contributed by atoms with Crippen molar-refractivity contribution in [2.45, 2.75) is 189 Å². The number of aliphatic hydroxyl groups excluding tert-OH is 1. The Morgan fingerprint density at radius 3 is 2.17 bits per heavy atom. The Labute approximate surface area is 627 Å². The molecule has 12 rings (SSSR count). The van der Waals surface area contributed by atoms with Crippen LogP contribution in [-0.4, -0.2) is 179 Å². The molecule has 0 spiro atoms. The van der Waals surface area contributed by atoms with Crippen molar-refractivity contribution in [1.29, 1.82) is 0 Å². The van der Waals surface area contributed by atoms with Gasteiger partial charge in [0.1, 0.15) is 17.0 Å². The number of allylic oxidation sites excluding steroid dienone is 1. The molecule has 576 valence electrons. The van der Waals surface area contributed by atoms with E-state index in [-0.39, 0.29) is 65.7 Å². The van der Waals surface area contributed by atoms with E-state index in [1.165, 1.54) is 39.9 Å². The number of sulfonamides is 1. The minimum atomic E-state index is -6.21. The van der Waals surface area contributed by atoms with Crippen molar-refractivity contribution in [3.8, 4) is 10.4 Å². The second-order valence-corrected chi connectivity index (χ2v) is 37.3. The molecule has 6 N–H and O–H groups in total. The molecule has 0 unspecified atom stereocenters. The van der Waals surface area contributed by atoms with Gasteiger partial charge in [0.25, 0.3) is 25.8 Å². The quantitative estimate of drug-likeness (QED) is 0.0108. The summed E-state index contributed by atoms with van der Waals surface area (Å²) in [5.41, 5.74) is 0.247. The standard InChI is InChI=1S/C77H99F5N10O10S4/c1-49(51-17-19-52(20-18-51)66-50(2)84-48-104-66)85-70(97)63-38-58(93)43-92(63)71(98)67(73(3,4)5)87-65(94)16-12-9-13-31-83-68(95)55-28-32-89(42-55)33-29-56(44-103-59-14-10-8-11-15-59)86-62-26-25-60(39-64(62)105(99,100)77(80,81)82)106(101,102)88-69(96)53-21-23-57(24-22-53)91-36-34-90(35-37-91)41-54-27-30-74(6,7)40-61(54)75-45-76(46-75,47-75)72(78)79/h8,10-11,14-15,17-26,39,48-49,55-56,58,63,67,72,86,93H,9,12-13,16,27-38,40-47H2,1-7H3,(H,83,95)(H,85,97)(H,87,94)(H,88,96)/t49-,55-,56+,58+,63-,67+,75?,76?/m0/s1. The van der Waals surface area contributed by atoms with Crippen LogP contribution in [0.5, 0.6) is 0 Å². The number of aromatic nitrogens is 1. The van der Waals surface area contributed by atoms with Gasteiger partial charge < -0.3 is 41.1 Å². The zero-order chi connectivity index (χ0) is 76.3. The number of sulfone groups is 1. The Morgan fingerprint density at radius 1 is 0.821 bits per heavy atom. The van der Waals surface area contributed by atoms with Gasteiger partial charge in [0.15, 0.2) is 0 Å². The van der Waals surface area contributed by atoms with E-state index in [0.717, 1.165) is 83.3 Å². The van der Waals surface area contributed by atoms with Gasteiger partial charge >= 0.3 is 5.51 Å². The number of carbonyl (C=O) groups excluding carboxylic acids is 5. The van der Waals surface area contributed by atoms with Crippen LogP contribution in [0.25, 0.3) is 10.4 Å². The maximum Gasteiger partial charge on any atom is 0.501 e. The van der Waals surface area contributed by atoms with Gasteiger partial charge in [-0.2, -0.15) is 13.2 Å². The Balaban J connectivity index is 0.640. The van der Waals surface area contributed by atoms with E-state index in [9.17, 15) is 67.9 Å². The number of piperazine rings is 1. The summed E-state index contributed by atoms with van der Waals surface area (Å²) in [5, 5.41) is 22.7. The second kappa shape index (κ2) is 32.7. The minimum Gasteiger partial charge on any atom is -0.391 e. The maximum atomic E-state index is 14.6. The smallest absolute Gasteiger partial charge is 0.391 e. The summed E-state index contributed by atoms with van der Waals surface area (Å²) in [5.74, 6) is -2.64. The molecule has 6 fully saturated rings. The Hall–Kier alpha value is -7.02. The van der Waals surface area contributed by atoms with E-state index in [4.69, 9.17) is 0 Å². The van der Waals surface area contributed by atoms with Crippen molar-refractivity contribution in [3.05, 3.63) is 131 Å². The van der Waals surface area contributed by atoms with Gasteiger partial charge in [0.2, 0.25) is 30.1 Å². The summed E-state index contributed by atoms with van der Waals surface area (Å²) in [6.07, 6.45) is 3.97. The first-order chi connectivity index (χ1) is 50.0. The number of hydrogen-bond donors (Lipinski definition) is 6. The van der Waals surface area contributed by atoms with Crippen LogP contribution in [0.15, 0.2) is 128 Å². The highest BCUT2D eigenvalue weighted by Crippen LogP contribution is 2.79. The highest BCUT2D eigenvalue weighted by molar-refractivity contribution is 7.99. The maximum absolute atomic E-state index is 14.6. The summed E-state index contributed by atoms with van der Waals surface area (Å²) < 4.78 is 128. The molecule has 5 aromatic rings. The number of hydrogen-bond acceptors (Lipinski definition) is 17. The third-order valence-electron chi connectivity index (χ3n) is 22.2. The van der Waals surface area contributed by atoms with Crippen molar-refractivity contribution >= 4 is 83.9 Å². The van der Waals surface area contributed by atoms with E-state index < -0.39 is 106 Å². The normalized spacial score (nSPS) is 23.0. The van der Waals surface area contributed by atoms with Gasteiger partial charge in [-0.3, -0.25) is 28.9 Å². The molecule has 0 radical (unpaired) electrons. The highest BCUT2D eigenvalue weighted by atomic mass is 32.2. The van der Waals surface area contributed by atoms with E-state index >= 15 is 0 Å². The molecule has 106 heavy (non-hydrogen) atoms. The monoisotopic (exact) mass is 1550 g/mol. The molecule has 6 atom stereocenters. The average Bonchev–Trinajstić information content (AvgIpc) is 1.02. The van der Waals surface area contributed by atoms with Crippen LogP contribution in [0.4, 0.5) is 33.3 Å². The molecule has 20 nitrogen and oxygen atoms in total. The predicted octanol–water partition coefficient (Wildman–Crippen LogP) is 11.9. The number of nitrogens with one attached hydrogen (secondary N) is 5. The number of halogens is 5. The van der Waals surface area contributed by atoms with E-state index in [1.807, 2.05) is 98.8 Å². The van der Waals surface area contributed by atoms with Crippen molar-refractivity contribution in [1.82, 2.24) is 40.4 Å². The van der Waals surface area contributed by atoms with E-state index in [0.29, 0.717) is 90.3 Å². The van der Waals surface area contributed by atoms with Crippen molar-refractivity contribution in [3.63, 3.8) is 0 Å². The number of unbranched alkanes of at least 4 members (excludes halogenated alkanes) is 2. The first kappa shape index (κ1) is 80.0. The number of nitrogens with zero attached hydrogens (tertiary/aromatic N) is 5. The van der Waals surface area contributed by atoms with Crippen molar-refractivity contribution < 1.29 is 67.9 Å². The van der Waals surface area contributed by atoms with Gasteiger partial charge in [-0.15, -0.1) is 23.1 Å². The number of rotatable bonds is 30. The fourth-order valence-electron chi connectivity index (χ4n) is 16.0. The van der Waals surface area contributed by atoms with Crippen LogP contribution >= 0.6 is 23.1 Å². The summed E-state index contributed by atoms with van der Waals surface area (Å²) >= 11 is 2.92. The molecule has 3 saturated carbocycles. The molecule has 29 heteroatoms. The molecule has 1 aromatic heterocycles. The van der Waals surface area contributed by atoms with Crippen molar-refractivity contribution in [2.24, 2.45) is 27.6 Å². The second-order valence-electron chi connectivity index (χ2n) is 31.8. The summed E-state index contributed by atoms with van der Waals surface area (Å²) in [6, 6.07) is 22.4. The Morgan fingerprint density at radius 2 is 1.52 bits per heavy atom. The third-order valence-corrected chi connectivity index (χ3v) is 27.2. The molecule has 7 aliphatic rings. The Kier molecular flexibility index (Phi) is 24.6. The van der Waals surface area contributed by atoms with Crippen LogP contribution < -0.4 is 30.9 Å². The number of anilines is 2. The lowest BCUT2D eigenvalue weighted by Gasteiger charge is -2.72. The van der Waals surface area contributed by atoms with Crippen LogP contribution in [0, 0.1) is 34.5 Å². The number of aryl methyl sites for hydroxylation is 1. The molecule has 2 bridgehead atoms. The highest BCUT2D eigenvalue weighted by Gasteiger charge is 2.73. The number of amides is 5. The van der Waals surface area contributed by atoms with Crippen LogP contribution in [0.3, 0.4) is 0 Å². The number of carbonyl (C=O) groups is 5. The number of likely N-dealkylation sites (tertiary alicyclic amines) is 2. The largest absolute Gasteiger partial charge is 0.501 e. The first-order valence-corrected chi connectivity index (χ1v) is 41.5. The number of aliphatic hydroxyl groups is 1. The fraction of sp³-hybridized carbons (Fsp3) is 0.558. The molecule has 4 aromatic carbocycles. The summed E-state index contributed by atoms with van der Waals surface area (Å²) in [4.78, 5) is 80.6. The SMILES string of the molecule is Cc1ncsc1-c1ccc([C@H](C)NC(=O)[C@@H]2C[C@@H](O)CN2C(=O)[C@@H](NC(=O)CCCCCNC(=O)[C@H]2CCN(CC[C@H](CSc3ccccc3)Nc3ccc(S(=O)(=O)NC(=O)c4ccc(N5CCN(CC6=C(C78CC(C(F)F)(C7)C8)CC(C)(C)CC6)CC5)cc4)cc3S(=O)(=O)C(F)(F)F)C2)C(C)(C)C)cc1. The van der Waals surface area contributed by atoms with E-state index in [2.05, 4.69) is 49.9 Å². The minimum absolute atomic E-state index is 0.0449. The molecule has 4 heterocycles. The lowest BCUT2D eigenvalue weighted by Crippen LogP contribution is -2.66. The fourth-order valence-corrected chi connectivity index (χ4v) is 19.9. The Bertz CT molecular complexity index is 4240. The van der Waals surface area contributed by atoms with Crippen molar-refractivity contribution in [2.75, 3.05) is 81.4 Å². The number of thiazole rings is 1. The van der Waals surface area contributed by atoms with Crippen LogP contribution in [-0.2, 0) is 39.0 Å². The zero-order valence-electron chi connectivity index (χ0n) is 61.2. The van der Waals surface area contributed by atoms with Crippen LogP contribution in [0.2, 0.25) is 0 Å². The first-order valence-electron chi connectivity index (χ1n) is 36.7. The van der Waals surface area contributed by atoms with Gasteiger partial charge in [-0.1, -0.05) is 94.7 Å². The van der Waals surface area contributed by atoms with Gasteiger partial charge in [-0.25, -0.2) is 35.3 Å². The van der Waals surface area contributed by atoms with Gasteiger partial charge in [0.05, 0.1) is 44.7 Å². The zero-order valence-corrected chi connectivity index (χ0v) is 64.5. The lowest BCUT2D eigenvalue weighted by atomic mass is 9.32. The van der Waals surface area contributed by atoms with Crippen LogP contribution in [0.1, 0.15) is 153 Å². The molecule has 4 aliphatic carbocycles. The molecular weight excluding hydrogens is 1450 g/mol. The van der Waals surface area contributed by atoms with E-state index in [1.54, 1.807) is 29.0 Å². The summed E-state index contributed by atoms with van der Waals surface area (Å²) in [6.45, 7) is 18.9. The lowest BCUT2D eigenvalue weighted by molar-refractivity contribution is -0.250. The topological polar surface area (TPSA) is 260 Å². The third kappa shape index (κ3) is 18.6. The number of benzene rings is 4.